The zero-order chi connectivity index (χ0) is 18.7. The lowest BCUT2D eigenvalue weighted by molar-refractivity contribution is -0.148. The zero-order valence-corrected chi connectivity index (χ0v) is 14.8. The molecule has 0 bridgehead atoms. The van der Waals surface area contributed by atoms with Gasteiger partial charge in [0.15, 0.2) is 6.10 Å². The summed E-state index contributed by atoms with van der Waals surface area (Å²) in [4.78, 5) is 16.3. The summed E-state index contributed by atoms with van der Waals surface area (Å²) in [6.07, 6.45) is -0.529. The smallest absolute Gasteiger partial charge is 0.311 e. The molecule has 5 nitrogen and oxygen atoms in total. The van der Waals surface area contributed by atoms with Crippen LogP contribution < -0.4 is 0 Å². The average molecular weight is 354 g/mol. The molecule has 0 amide bonds. The van der Waals surface area contributed by atoms with Crippen molar-refractivity contribution in [3.05, 3.63) is 70.9 Å². The monoisotopic (exact) mass is 354 g/mol. The second-order valence-electron chi connectivity index (χ2n) is 6.21. The summed E-state index contributed by atoms with van der Waals surface area (Å²) >= 11 is 0. The van der Waals surface area contributed by atoms with Crippen molar-refractivity contribution < 1.29 is 18.4 Å². The number of nitrogens with zero attached hydrogens (tertiary/aromatic N) is 2. The minimum atomic E-state index is -0.690. The van der Waals surface area contributed by atoms with Crippen LogP contribution in [0.2, 0.25) is 0 Å². The standard InChI is InChI=1S/C20H19FN2O3/c1-12-4-7-15(8-5-12)10-18(24)25-14(3)20-22-19(23-26-20)16-9-6-13(2)17(21)11-16/h4-9,11,14H,10H2,1-3H3. The molecule has 1 aromatic heterocycles. The molecule has 3 aromatic rings. The summed E-state index contributed by atoms with van der Waals surface area (Å²) in [5.74, 6) is -0.313. The molecule has 26 heavy (non-hydrogen) atoms. The largest absolute Gasteiger partial charge is 0.452 e. The topological polar surface area (TPSA) is 65.2 Å². The first kappa shape index (κ1) is 17.8. The first-order valence-corrected chi connectivity index (χ1v) is 8.27. The number of hydrogen-bond acceptors (Lipinski definition) is 5. The number of carbonyl (C=O) groups excluding carboxylic acids is 1. The second kappa shape index (κ2) is 7.47. The van der Waals surface area contributed by atoms with E-state index in [1.54, 1.807) is 26.0 Å². The van der Waals surface area contributed by atoms with Crippen LogP contribution in [0.25, 0.3) is 11.4 Å². The highest BCUT2D eigenvalue weighted by atomic mass is 19.1. The average Bonchev–Trinajstić information content (AvgIpc) is 3.09. The highest BCUT2D eigenvalue weighted by Crippen LogP contribution is 2.22. The van der Waals surface area contributed by atoms with Gasteiger partial charge in [-0.15, -0.1) is 0 Å². The van der Waals surface area contributed by atoms with E-state index in [0.717, 1.165) is 11.1 Å². The summed E-state index contributed by atoms with van der Waals surface area (Å²) in [6.45, 7) is 5.31. The van der Waals surface area contributed by atoms with Crippen molar-refractivity contribution >= 4 is 5.97 Å². The molecule has 1 heterocycles. The fourth-order valence-corrected chi connectivity index (χ4v) is 2.41. The van der Waals surface area contributed by atoms with Crippen molar-refractivity contribution in [2.24, 2.45) is 0 Å². The highest BCUT2D eigenvalue weighted by Gasteiger charge is 2.19. The predicted octanol–water partition coefficient (Wildman–Crippen LogP) is 4.34. The fourth-order valence-electron chi connectivity index (χ4n) is 2.41. The number of ether oxygens (including phenoxy) is 1. The molecule has 6 heteroatoms. The van der Waals surface area contributed by atoms with Crippen molar-refractivity contribution in [2.45, 2.75) is 33.3 Å². The van der Waals surface area contributed by atoms with Crippen LogP contribution in [0, 0.1) is 19.7 Å². The molecule has 0 aliphatic carbocycles. The van der Waals surface area contributed by atoms with E-state index in [4.69, 9.17) is 9.26 Å². The van der Waals surface area contributed by atoms with Gasteiger partial charge in [-0.2, -0.15) is 4.98 Å². The third-order valence-corrected chi connectivity index (χ3v) is 4.00. The number of carbonyl (C=O) groups is 1. The van der Waals surface area contributed by atoms with Crippen LogP contribution in [0.15, 0.2) is 47.0 Å². The summed E-state index contributed by atoms with van der Waals surface area (Å²) in [7, 11) is 0. The van der Waals surface area contributed by atoms with Gasteiger partial charge in [-0.1, -0.05) is 47.1 Å². The molecule has 2 aromatic carbocycles. The van der Waals surface area contributed by atoms with Crippen LogP contribution >= 0.6 is 0 Å². The predicted molar refractivity (Wildman–Crippen MR) is 93.8 cm³/mol. The van der Waals surface area contributed by atoms with Gasteiger partial charge in [-0.05, 0) is 38.0 Å². The molecule has 0 aliphatic rings. The van der Waals surface area contributed by atoms with E-state index in [2.05, 4.69) is 10.1 Å². The molecular weight excluding hydrogens is 335 g/mol. The van der Waals surface area contributed by atoms with Gasteiger partial charge in [-0.3, -0.25) is 4.79 Å². The third kappa shape index (κ3) is 4.14. The Bertz CT molecular complexity index is 919. The molecule has 0 fully saturated rings. The van der Waals surface area contributed by atoms with Gasteiger partial charge in [0.1, 0.15) is 5.82 Å². The number of rotatable bonds is 5. The molecule has 0 radical (unpaired) electrons. The SMILES string of the molecule is Cc1ccc(CC(=O)OC(C)c2nc(-c3ccc(C)c(F)c3)no2)cc1. The minimum absolute atomic E-state index is 0.161. The van der Waals surface area contributed by atoms with E-state index in [0.29, 0.717) is 11.1 Å². The molecule has 3 rings (SSSR count). The normalized spacial score (nSPS) is 12.0. The summed E-state index contributed by atoms with van der Waals surface area (Å²) in [5.41, 5.74) is 3.03. The van der Waals surface area contributed by atoms with Gasteiger partial charge in [-0.25, -0.2) is 4.39 Å². The minimum Gasteiger partial charge on any atom is -0.452 e. The quantitative estimate of drug-likeness (QED) is 0.638. The van der Waals surface area contributed by atoms with Crippen LogP contribution in [0.3, 0.4) is 0 Å². The van der Waals surface area contributed by atoms with Crippen molar-refractivity contribution in [2.75, 3.05) is 0 Å². The lowest BCUT2D eigenvalue weighted by atomic mass is 10.1. The number of aryl methyl sites for hydroxylation is 2. The van der Waals surface area contributed by atoms with E-state index in [9.17, 15) is 9.18 Å². The molecule has 0 spiro atoms. The highest BCUT2D eigenvalue weighted by molar-refractivity contribution is 5.72. The van der Waals surface area contributed by atoms with Crippen LogP contribution in [-0.4, -0.2) is 16.1 Å². The Balaban J connectivity index is 1.65. The Labute approximate surface area is 150 Å². The van der Waals surface area contributed by atoms with E-state index in [-0.39, 0.29) is 29.9 Å². The Morgan fingerprint density at radius 2 is 1.92 bits per heavy atom. The molecular formula is C20H19FN2O3. The van der Waals surface area contributed by atoms with Gasteiger partial charge < -0.3 is 9.26 Å². The summed E-state index contributed by atoms with van der Waals surface area (Å²) in [6, 6.07) is 12.4. The van der Waals surface area contributed by atoms with E-state index in [1.807, 2.05) is 31.2 Å². The first-order valence-electron chi connectivity index (χ1n) is 8.27. The van der Waals surface area contributed by atoms with Crippen LogP contribution in [-0.2, 0) is 16.0 Å². The molecule has 0 aliphatic heterocycles. The molecule has 1 unspecified atom stereocenters. The lowest BCUT2D eigenvalue weighted by Crippen LogP contribution is -2.11. The van der Waals surface area contributed by atoms with Crippen LogP contribution in [0.1, 0.15) is 35.6 Å². The zero-order valence-electron chi connectivity index (χ0n) is 14.8. The molecule has 0 N–H and O–H groups in total. The third-order valence-electron chi connectivity index (χ3n) is 4.00. The van der Waals surface area contributed by atoms with Gasteiger partial charge in [0, 0.05) is 5.56 Å². The van der Waals surface area contributed by atoms with Crippen LogP contribution in [0.5, 0.6) is 0 Å². The molecule has 0 saturated heterocycles. The van der Waals surface area contributed by atoms with E-state index >= 15 is 0 Å². The molecule has 1 atom stereocenters. The Morgan fingerprint density at radius 1 is 1.19 bits per heavy atom. The molecule has 134 valence electrons. The van der Waals surface area contributed by atoms with E-state index < -0.39 is 6.10 Å². The maximum absolute atomic E-state index is 13.7. The maximum Gasteiger partial charge on any atom is 0.311 e. The van der Waals surface area contributed by atoms with Crippen molar-refractivity contribution in [1.82, 2.24) is 10.1 Å². The van der Waals surface area contributed by atoms with Crippen molar-refractivity contribution in [3.8, 4) is 11.4 Å². The number of benzene rings is 2. The van der Waals surface area contributed by atoms with Crippen molar-refractivity contribution in [1.29, 1.82) is 0 Å². The van der Waals surface area contributed by atoms with E-state index in [1.165, 1.54) is 6.07 Å². The fraction of sp³-hybridized carbons (Fsp3) is 0.250. The number of aromatic nitrogens is 2. The number of halogens is 1. The summed E-state index contributed by atoms with van der Waals surface area (Å²) < 4.78 is 24.2. The Morgan fingerprint density at radius 3 is 2.62 bits per heavy atom. The Hall–Kier alpha value is -3.02. The first-order chi connectivity index (χ1) is 12.4. The Kier molecular flexibility index (Phi) is 5.11. The van der Waals surface area contributed by atoms with Gasteiger partial charge in [0.05, 0.1) is 6.42 Å². The number of esters is 1. The second-order valence-corrected chi connectivity index (χ2v) is 6.21. The van der Waals surface area contributed by atoms with Crippen LogP contribution in [0.4, 0.5) is 4.39 Å². The lowest BCUT2D eigenvalue weighted by Gasteiger charge is -2.09. The van der Waals surface area contributed by atoms with Gasteiger partial charge in [0.25, 0.3) is 5.89 Å². The van der Waals surface area contributed by atoms with Crippen molar-refractivity contribution in [3.63, 3.8) is 0 Å². The van der Waals surface area contributed by atoms with Gasteiger partial charge >= 0.3 is 5.97 Å². The number of hydrogen-bond donors (Lipinski definition) is 0. The summed E-state index contributed by atoms with van der Waals surface area (Å²) in [5, 5.41) is 3.84. The van der Waals surface area contributed by atoms with Gasteiger partial charge in [0.2, 0.25) is 5.82 Å². The maximum atomic E-state index is 13.7. The molecule has 0 saturated carbocycles.